The normalized spacial score (nSPS) is 22.2. The summed E-state index contributed by atoms with van der Waals surface area (Å²) >= 11 is 0. The molecule has 0 bridgehead atoms. The lowest BCUT2D eigenvalue weighted by atomic mass is 10.1. The largest absolute Gasteiger partial charge is 0.288 e. The van der Waals surface area contributed by atoms with Crippen molar-refractivity contribution in [3.63, 3.8) is 0 Å². The summed E-state index contributed by atoms with van der Waals surface area (Å²) in [5, 5.41) is 2.32. The van der Waals surface area contributed by atoms with Crippen molar-refractivity contribution in [3.05, 3.63) is 48.0 Å². The maximum absolute atomic E-state index is 11.4. The molecule has 19 heavy (non-hydrogen) atoms. The number of hydrogen-bond acceptors (Lipinski definition) is 3. The zero-order chi connectivity index (χ0) is 13.3. The Bertz CT molecular complexity index is 729. The van der Waals surface area contributed by atoms with Crippen molar-refractivity contribution >= 4 is 26.8 Å². The van der Waals surface area contributed by atoms with Crippen molar-refractivity contribution < 1.29 is 8.42 Å². The molecule has 0 aromatic heterocycles. The van der Waals surface area contributed by atoms with Gasteiger partial charge in [-0.25, -0.2) is 8.42 Å². The SMILES string of the molecule is O=S1(=O)CC[C@@H](N=Cc2cccc3ccccc23)C1. The highest BCUT2D eigenvalue weighted by molar-refractivity contribution is 7.91. The summed E-state index contributed by atoms with van der Waals surface area (Å²) in [6.45, 7) is 0. The van der Waals surface area contributed by atoms with E-state index in [0.717, 1.165) is 10.9 Å². The van der Waals surface area contributed by atoms with E-state index in [2.05, 4.69) is 23.2 Å². The van der Waals surface area contributed by atoms with Gasteiger partial charge in [0.2, 0.25) is 0 Å². The van der Waals surface area contributed by atoms with Gasteiger partial charge in [0.05, 0.1) is 17.5 Å². The third kappa shape index (κ3) is 2.68. The van der Waals surface area contributed by atoms with Gasteiger partial charge in [-0.1, -0.05) is 42.5 Å². The number of nitrogens with zero attached hydrogens (tertiary/aromatic N) is 1. The summed E-state index contributed by atoms with van der Waals surface area (Å²) < 4.78 is 22.8. The van der Waals surface area contributed by atoms with Gasteiger partial charge >= 0.3 is 0 Å². The van der Waals surface area contributed by atoms with Crippen LogP contribution in [0.2, 0.25) is 0 Å². The first kappa shape index (κ1) is 12.4. The van der Waals surface area contributed by atoms with Crippen molar-refractivity contribution in [1.82, 2.24) is 0 Å². The molecule has 1 atom stereocenters. The van der Waals surface area contributed by atoms with Crippen molar-refractivity contribution in [2.45, 2.75) is 12.5 Å². The molecule has 2 aromatic rings. The number of fused-ring (bicyclic) bond motifs is 1. The van der Waals surface area contributed by atoms with Crippen LogP contribution < -0.4 is 0 Å². The number of hydrogen-bond donors (Lipinski definition) is 0. The molecule has 0 radical (unpaired) electrons. The summed E-state index contributed by atoms with van der Waals surface area (Å²) in [6.07, 6.45) is 2.46. The Morgan fingerprint density at radius 1 is 1.11 bits per heavy atom. The first-order valence-corrected chi connectivity index (χ1v) is 8.17. The fourth-order valence-electron chi connectivity index (χ4n) is 2.44. The smallest absolute Gasteiger partial charge is 0.152 e. The van der Waals surface area contributed by atoms with Crippen molar-refractivity contribution in [1.29, 1.82) is 0 Å². The molecule has 0 saturated carbocycles. The molecular weight excluding hydrogens is 258 g/mol. The minimum atomic E-state index is -2.86. The van der Waals surface area contributed by atoms with Gasteiger partial charge in [0.25, 0.3) is 0 Å². The maximum atomic E-state index is 11.4. The van der Waals surface area contributed by atoms with E-state index in [1.807, 2.05) is 30.5 Å². The van der Waals surface area contributed by atoms with E-state index in [1.165, 1.54) is 5.39 Å². The monoisotopic (exact) mass is 273 g/mol. The topological polar surface area (TPSA) is 46.5 Å². The lowest BCUT2D eigenvalue weighted by Crippen LogP contribution is -2.07. The van der Waals surface area contributed by atoms with Crippen LogP contribution in [0.4, 0.5) is 0 Å². The Balaban J connectivity index is 1.90. The summed E-state index contributed by atoms with van der Waals surface area (Å²) in [7, 11) is -2.86. The van der Waals surface area contributed by atoms with Crippen LogP contribution in [0.1, 0.15) is 12.0 Å². The summed E-state index contributed by atoms with van der Waals surface area (Å²) in [5.41, 5.74) is 1.04. The summed E-state index contributed by atoms with van der Waals surface area (Å²) in [6, 6.07) is 14.1. The van der Waals surface area contributed by atoms with E-state index < -0.39 is 9.84 Å². The molecule has 1 fully saturated rings. The second kappa shape index (κ2) is 4.78. The number of benzene rings is 2. The second-order valence-corrected chi connectivity index (χ2v) is 7.13. The van der Waals surface area contributed by atoms with Crippen LogP contribution in [0.5, 0.6) is 0 Å². The van der Waals surface area contributed by atoms with E-state index in [-0.39, 0.29) is 17.5 Å². The van der Waals surface area contributed by atoms with Crippen molar-refractivity contribution in [2.75, 3.05) is 11.5 Å². The van der Waals surface area contributed by atoms with Gasteiger partial charge in [-0.2, -0.15) is 0 Å². The molecule has 3 rings (SSSR count). The molecule has 4 heteroatoms. The molecule has 0 amide bonds. The van der Waals surface area contributed by atoms with Crippen LogP contribution in [-0.2, 0) is 9.84 Å². The molecule has 0 aliphatic carbocycles. The molecule has 1 aliphatic rings. The van der Waals surface area contributed by atoms with Gasteiger partial charge in [-0.05, 0) is 17.2 Å². The molecule has 3 nitrogen and oxygen atoms in total. The summed E-state index contributed by atoms with van der Waals surface area (Å²) in [5.74, 6) is 0.457. The van der Waals surface area contributed by atoms with E-state index in [1.54, 1.807) is 0 Å². The van der Waals surface area contributed by atoms with Crippen LogP contribution in [0.3, 0.4) is 0 Å². The predicted molar refractivity (Wildman–Crippen MR) is 78.6 cm³/mol. The third-order valence-corrected chi connectivity index (χ3v) is 5.21. The highest BCUT2D eigenvalue weighted by atomic mass is 32.2. The molecule has 0 spiro atoms. The quantitative estimate of drug-likeness (QED) is 0.789. The molecule has 1 heterocycles. The van der Waals surface area contributed by atoms with Gasteiger partial charge in [-0.3, -0.25) is 4.99 Å². The van der Waals surface area contributed by atoms with Crippen LogP contribution in [0.25, 0.3) is 10.8 Å². The lowest BCUT2D eigenvalue weighted by molar-refractivity contribution is 0.601. The lowest BCUT2D eigenvalue weighted by Gasteiger charge is -2.03. The molecule has 2 aromatic carbocycles. The van der Waals surface area contributed by atoms with Gasteiger partial charge in [0.15, 0.2) is 9.84 Å². The van der Waals surface area contributed by atoms with Gasteiger partial charge < -0.3 is 0 Å². The average molecular weight is 273 g/mol. The fourth-order valence-corrected chi connectivity index (χ4v) is 4.08. The standard InChI is InChI=1S/C15H15NO2S/c17-19(18)9-8-14(11-19)16-10-13-6-3-5-12-4-1-2-7-15(12)13/h1-7,10,14H,8-9,11H2/t14-/m1/s1. The Morgan fingerprint density at radius 2 is 1.89 bits per heavy atom. The van der Waals surface area contributed by atoms with Gasteiger partial charge in [-0.15, -0.1) is 0 Å². The van der Waals surface area contributed by atoms with Gasteiger partial charge in [0, 0.05) is 11.8 Å². The Morgan fingerprint density at radius 3 is 2.68 bits per heavy atom. The van der Waals surface area contributed by atoms with E-state index in [4.69, 9.17) is 0 Å². The molecule has 1 aliphatic heterocycles. The Labute approximate surface area is 112 Å². The fraction of sp³-hybridized carbons (Fsp3) is 0.267. The second-order valence-electron chi connectivity index (χ2n) is 4.90. The maximum Gasteiger partial charge on any atom is 0.152 e. The van der Waals surface area contributed by atoms with Crippen molar-refractivity contribution in [3.8, 4) is 0 Å². The van der Waals surface area contributed by atoms with Crippen LogP contribution in [0, 0.1) is 0 Å². The van der Waals surface area contributed by atoms with Crippen molar-refractivity contribution in [2.24, 2.45) is 4.99 Å². The minimum Gasteiger partial charge on any atom is -0.288 e. The first-order valence-electron chi connectivity index (χ1n) is 6.35. The molecular formula is C15H15NO2S. The number of aliphatic imine (C=N–C) groups is 1. The van der Waals surface area contributed by atoms with E-state index in [9.17, 15) is 8.42 Å². The zero-order valence-electron chi connectivity index (χ0n) is 10.5. The van der Waals surface area contributed by atoms with Gasteiger partial charge in [0.1, 0.15) is 0 Å². The highest BCUT2D eigenvalue weighted by Gasteiger charge is 2.26. The predicted octanol–water partition coefficient (Wildman–Crippen LogP) is 2.45. The highest BCUT2D eigenvalue weighted by Crippen LogP contribution is 2.18. The van der Waals surface area contributed by atoms with E-state index >= 15 is 0 Å². The summed E-state index contributed by atoms with van der Waals surface area (Å²) in [4.78, 5) is 4.44. The zero-order valence-corrected chi connectivity index (χ0v) is 11.3. The molecule has 1 saturated heterocycles. The first-order chi connectivity index (χ1) is 9.14. The van der Waals surface area contributed by atoms with E-state index in [0.29, 0.717) is 6.42 Å². The van der Waals surface area contributed by atoms with Crippen LogP contribution in [0.15, 0.2) is 47.5 Å². The number of rotatable bonds is 2. The average Bonchev–Trinajstić information content (AvgIpc) is 2.76. The Hall–Kier alpha value is -1.68. The molecule has 0 unspecified atom stereocenters. The third-order valence-electron chi connectivity index (χ3n) is 3.46. The molecule has 98 valence electrons. The van der Waals surface area contributed by atoms with Crippen LogP contribution >= 0.6 is 0 Å². The Kier molecular flexibility index (Phi) is 3.11. The number of sulfone groups is 1. The molecule has 0 N–H and O–H groups in total. The van der Waals surface area contributed by atoms with Crippen LogP contribution in [-0.4, -0.2) is 32.2 Å². The minimum absolute atomic E-state index is 0.0797.